The lowest BCUT2D eigenvalue weighted by Gasteiger charge is -2.28. The zero-order valence-electron chi connectivity index (χ0n) is 13.0. The molecular weight excluding hydrogens is 269 g/mol. The first-order valence-corrected chi connectivity index (χ1v) is 7.91. The molecule has 0 spiro atoms. The molecule has 1 saturated carbocycles. The molecule has 1 aliphatic rings. The van der Waals surface area contributed by atoms with Gasteiger partial charge in [-0.25, -0.2) is 4.39 Å². The third kappa shape index (κ3) is 3.95. The first kappa shape index (κ1) is 16.2. The largest absolute Gasteiger partial charge is 0.496 e. The van der Waals surface area contributed by atoms with E-state index in [1.165, 1.54) is 38.9 Å². The maximum atomic E-state index is 13.9. The number of benzene rings is 1. The number of ether oxygens (including phenoxy) is 1. The predicted octanol–water partition coefficient (Wildman–Crippen LogP) is 3.52. The Morgan fingerprint density at radius 2 is 2.10 bits per heavy atom. The summed E-state index contributed by atoms with van der Waals surface area (Å²) >= 11 is 0. The highest BCUT2D eigenvalue weighted by molar-refractivity contribution is 5.36. The second-order valence-corrected chi connectivity index (χ2v) is 5.73. The van der Waals surface area contributed by atoms with Crippen molar-refractivity contribution < 1.29 is 14.2 Å². The molecule has 0 heterocycles. The molecule has 0 aliphatic heterocycles. The van der Waals surface area contributed by atoms with Crippen LogP contribution in [0.1, 0.15) is 50.7 Å². The van der Waals surface area contributed by atoms with Gasteiger partial charge >= 0.3 is 0 Å². The van der Waals surface area contributed by atoms with Crippen LogP contribution in [-0.2, 0) is 0 Å². The molecule has 0 saturated heterocycles. The number of hydrogen-bond donors (Lipinski definition) is 1. The van der Waals surface area contributed by atoms with Crippen molar-refractivity contribution in [1.82, 2.24) is 4.90 Å². The fourth-order valence-electron chi connectivity index (χ4n) is 3.32. The van der Waals surface area contributed by atoms with Crippen LogP contribution >= 0.6 is 0 Å². The summed E-state index contributed by atoms with van der Waals surface area (Å²) in [5.41, 5.74) is 0.280. The molecule has 2 rings (SSSR count). The number of halogens is 1. The molecule has 1 aromatic rings. The van der Waals surface area contributed by atoms with Gasteiger partial charge in [-0.05, 0) is 37.9 Å². The van der Waals surface area contributed by atoms with E-state index >= 15 is 0 Å². The van der Waals surface area contributed by atoms with Crippen LogP contribution in [0.3, 0.4) is 0 Å². The van der Waals surface area contributed by atoms with E-state index in [4.69, 9.17) is 4.74 Å². The van der Waals surface area contributed by atoms with E-state index in [2.05, 4.69) is 11.8 Å². The maximum Gasteiger partial charge on any atom is 0.132 e. The molecule has 1 atom stereocenters. The summed E-state index contributed by atoms with van der Waals surface area (Å²) in [6.07, 6.45) is 4.79. The lowest BCUT2D eigenvalue weighted by molar-refractivity contribution is 0.121. The Bertz CT molecular complexity index is 446. The Balaban J connectivity index is 1.99. The molecular formula is C17H26FNO2. The maximum absolute atomic E-state index is 13.9. The minimum atomic E-state index is -0.823. The average molecular weight is 295 g/mol. The molecule has 0 bridgehead atoms. The number of aliphatic hydroxyl groups excluding tert-OH is 1. The minimum absolute atomic E-state index is 0.280. The van der Waals surface area contributed by atoms with Crippen molar-refractivity contribution in [2.75, 3.05) is 20.2 Å². The summed E-state index contributed by atoms with van der Waals surface area (Å²) in [7, 11) is 1.50. The molecule has 3 nitrogen and oxygen atoms in total. The van der Waals surface area contributed by atoms with Crippen LogP contribution in [0, 0.1) is 5.82 Å². The molecule has 0 aromatic heterocycles. The summed E-state index contributed by atoms with van der Waals surface area (Å²) in [6.45, 7) is 3.92. The summed E-state index contributed by atoms with van der Waals surface area (Å²) in [5.74, 6) is 0.0252. The van der Waals surface area contributed by atoms with Gasteiger partial charge in [-0.1, -0.05) is 25.8 Å². The Morgan fingerprint density at radius 1 is 1.38 bits per heavy atom. The third-order valence-electron chi connectivity index (χ3n) is 4.50. The fraction of sp³-hybridized carbons (Fsp3) is 0.647. The molecule has 1 aliphatic carbocycles. The Hall–Kier alpha value is -1.13. The third-order valence-corrected chi connectivity index (χ3v) is 4.50. The molecule has 118 valence electrons. The normalized spacial score (nSPS) is 17.4. The van der Waals surface area contributed by atoms with Gasteiger partial charge in [0.05, 0.1) is 18.8 Å². The first-order chi connectivity index (χ1) is 10.2. The van der Waals surface area contributed by atoms with Crippen molar-refractivity contribution in [1.29, 1.82) is 0 Å². The predicted molar refractivity (Wildman–Crippen MR) is 82.0 cm³/mol. The van der Waals surface area contributed by atoms with E-state index in [0.29, 0.717) is 18.2 Å². The monoisotopic (exact) mass is 295 g/mol. The zero-order valence-corrected chi connectivity index (χ0v) is 13.0. The SMILES string of the molecule is CCN(CCC(O)c1c(F)cccc1OC)C1CCCC1. The molecule has 1 aromatic carbocycles. The molecule has 0 radical (unpaired) electrons. The van der Waals surface area contributed by atoms with Crippen LogP contribution < -0.4 is 4.74 Å². The van der Waals surface area contributed by atoms with E-state index < -0.39 is 11.9 Å². The summed E-state index contributed by atoms with van der Waals surface area (Å²) in [5, 5.41) is 10.4. The van der Waals surface area contributed by atoms with Gasteiger partial charge in [0.25, 0.3) is 0 Å². The van der Waals surface area contributed by atoms with Crippen molar-refractivity contribution in [3.8, 4) is 5.75 Å². The number of hydrogen-bond acceptors (Lipinski definition) is 3. The summed E-state index contributed by atoms with van der Waals surface area (Å²) in [4.78, 5) is 2.41. The van der Waals surface area contributed by atoms with Crippen LogP contribution in [0.25, 0.3) is 0 Å². The van der Waals surface area contributed by atoms with Crippen molar-refractivity contribution in [2.45, 2.75) is 51.2 Å². The smallest absolute Gasteiger partial charge is 0.132 e. The highest BCUT2D eigenvalue weighted by atomic mass is 19.1. The zero-order chi connectivity index (χ0) is 15.2. The van der Waals surface area contributed by atoms with Gasteiger partial charge in [0, 0.05) is 12.6 Å². The van der Waals surface area contributed by atoms with Crippen molar-refractivity contribution >= 4 is 0 Å². The molecule has 0 amide bonds. The lowest BCUT2D eigenvalue weighted by atomic mass is 10.0. The van der Waals surface area contributed by atoms with Crippen molar-refractivity contribution in [2.24, 2.45) is 0 Å². The van der Waals surface area contributed by atoms with Crippen LogP contribution in [0.4, 0.5) is 4.39 Å². The highest BCUT2D eigenvalue weighted by Gasteiger charge is 2.23. The molecule has 1 N–H and O–H groups in total. The summed E-state index contributed by atoms with van der Waals surface area (Å²) in [6, 6.07) is 5.29. The lowest BCUT2D eigenvalue weighted by Crippen LogP contribution is -2.34. The van der Waals surface area contributed by atoms with Gasteiger partial charge in [-0.3, -0.25) is 0 Å². The van der Waals surface area contributed by atoms with Gasteiger partial charge in [-0.2, -0.15) is 0 Å². The van der Waals surface area contributed by atoms with Gasteiger partial charge in [0.1, 0.15) is 11.6 Å². The number of rotatable bonds is 7. The minimum Gasteiger partial charge on any atom is -0.496 e. The van der Waals surface area contributed by atoms with E-state index in [0.717, 1.165) is 13.1 Å². The second-order valence-electron chi connectivity index (χ2n) is 5.73. The number of nitrogens with zero attached hydrogens (tertiary/aromatic N) is 1. The standard InChI is InChI=1S/C17H26FNO2/c1-3-19(13-7-4-5-8-13)12-11-15(20)17-14(18)9-6-10-16(17)21-2/h6,9-10,13,15,20H,3-5,7-8,11-12H2,1-2H3. The Labute approximate surface area is 126 Å². The van der Waals surface area contributed by atoms with Gasteiger partial charge < -0.3 is 14.7 Å². The van der Waals surface area contributed by atoms with Crippen LogP contribution in [0.15, 0.2) is 18.2 Å². The topological polar surface area (TPSA) is 32.7 Å². The van der Waals surface area contributed by atoms with E-state index in [-0.39, 0.29) is 5.56 Å². The fourth-order valence-corrected chi connectivity index (χ4v) is 3.32. The molecule has 1 fully saturated rings. The van der Waals surface area contributed by atoms with Crippen molar-refractivity contribution in [3.63, 3.8) is 0 Å². The molecule has 4 heteroatoms. The number of methoxy groups -OCH3 is 1. The average Bonchev–Trinajstić information content (AvgIpc) is 3.01. The molecule has 1 unspecified atom stereocenters. The van der Waals surface area contributed by atoms with Gasteiger partial charge in [-0.15, -0.1) is 0 Å². The van der Waals surface area contributed by atoms with Gasteiger partial charge in [0.15, 0.2) is 0 Å². The summed E-state index contributed by atoms with van der Waals surface area (Å²) < 4.78 is 19.1. The molecule has 21 heavy (non-hydrogen) atoms. The van der Waals surface area contributed by atoms with Crippen molar-refractivity contribution in [3.05, 3.63) is 29.6 Å². The van der Waals surface area contributed by atoms with E-state index in [9.17, 15) is 9.50 Å². The Morgan fingerprint density at radius 3 is 2.71 bits per heavy atom. The quantitative estimate of drug-likeness (QED) is 0.835. The van der Waals surface area contributed by atoms with Crippen LogP contribution in [-0.4, -0.2) is 36.2 Å². The van der Waals surface area contributed by atoms with Crippen LogP contribution in [0.5, 0.6) is 5.75 Å². The number of aliphatic hydroxyl groups is 1. The van der Waals surface area contributed by atoms with E-state index in [1.54, 1.807) is 12.1 Å². The van der Waals surface area contributed by atoms with Gasteiger partial charge in [0.2, 0.25) is 0 Å². The second kappa shape index (κ2) is 7.76. The van der Waals surface area contributed by atoms with Crippen LogP contribution in [0.2, 0.25) is 0 Å². The highest BCUT2D eigenvalue weighted by Crippen LogP contribution is 2.31. The van der Waals surface area contributed by atoms with E-state index in [1.807, 2.05) is 0 Å². The first-order valence-electron chi connectivity index (χ1n) is 7.91. The Kier molecular flexibility index (Phi) is 6.00.